The van der Waals surface area contributed by atoms with Crippen molar-refractivity contribution in [3.63, 3.8) is 0 Å². The lowest BCUT2D eigenvalue weighted by molar-refractivity contribution is 0.0696. The molecule has 0 amide bonds. The molecule has 3 nitrogen and oxygen atoms in total. The molecule has 1 heterocycles. The van der Waals surface area contributed by atoms with Crippen LogP contribution in [-0.2, 0) is 7.05 Å². The first-order chi connectivity index (χ1) is 6.61. The van der Waals surface area contributed by atoms with Crippen molar-refractivity contribution in [1.29, 1.82) is 0 Å². The van der Waals surface area contributed by atoms with Gasteiger partial charge in [-0.15, -0.1) is 0 Å². The van der Waals surface area contributed by atoms with Crippen molar-refractivity contribution in [3.8, 4) is 0 Å². The van der Waals surface area contributed by atoms with Crippen LogP contribution < -0.4 is 0 Å². The zero-order valence-corrected chi connectivity index (χ0v) is 8.58. The number of hydrogen-bond donors (Lipinski definition) is 1. The summed E-state index contributed by atoms with van der Waals surface area (Å²) in [7, 11) is 1.95. The average Bonchev–Trinajstić information content (AvgIpc) is 2.30. The Labute approximate surface area is 83.4 Å². The largest absolute Gasteiger partial charge is 0.478 e. The van der Waals surface area contributed by atoms with Gasteiger partial charge in [-0.1, -0.05) is 6.42 Å². The van der Waals surface area contributed by atoms with Crippen LogP contribution in [0.2, 0.25) is 0 Å². The fourth-order valence-electron chi connectivity index (χ4n) is 2.04. The summed E-state index contributed by atoms with van der Waals surface area (Å²) in [5.74, 6) is -0.226. The smallest absolute Gasteiger partial charge is 0.337 e. The van der Waals surface area contributed by atoms with E-state index in [0.29, 0.717) is 11.5 Å². The van der Waals surface area contributed by atoms with E-state index >= 15 is 0 Å². The number of carboxylic acids is 1. The fourth-order valence-corrected chi connectivity index (χ4v) is 2.04. The number of hydrogen-bond acceptors (Lipinski definition) is 1. The molecule has 76 valence electrons. The van der Waals surface area contributed by atoms with E-state index in [1.807, 2.05) is 24.6 Å². The van der Waals surface area contributed by atoms with Crippen molar-refractivity contribution >= 4 is 5.97 Å². The number of rotatable bonds is 2. The highest BCUT2D eigenvalue weighted by molar-refractivity contribution is 5.89. The van der Waals surface area contributed by atoms with Gasteiger partial charge >= 0.3 is 5.97 Å². The van der Waals surface area contributed by atoms with E-state index in [1.54, 1.807) is 0 Å². The highest BCUT2D eigenvalue weighted by atomic mass is 16.4. The molecule has 1 N–H and O–H groups in total. The zero-order valence-electron chi connectivity index (χ0n) is 8.58. The van der Waals surface area contributed by atoms with Crippen molar-refractivity contribution in [2.45, 2.75) is 32.1 Å². The topological polar surface area (TPSA) is 42.2 Å². The summed E-state index contributed by atoms with van der Waals surface area (Å²) in [4.78, 5) is 10.9. The summed E-state index contributed by atoms with van der Waals surface area (Å²) < 4.78 is 2.02. The van der Waals surface area contributed by atoms with Crippen molar-refractivity contribution in [3.05, 3.63) is 23.0 Å². The first kappa shape index (κ1) is 9.31. The molecule has 0 aliphatic heterocycles. The Balaban J connectivity index is 2.41. The van der Waals surface area contributed by atoms with Gasteiger partial charge in [-0.25, -0.2) is 4.79 Å². The Morgan fingerprint density at radius 1 is 1.57 bits per heavy atom. The molecule has 0 saturated heterocycles. The van der Waals surface area contributed by atoms with Crippen LogP contribution in [0, 0.1) is 6.92 Å². The van der Waals surface area contributed by atoms with Crippen LogP contribution in [0.3, 0.4) is 0 Å². The molecule has 1 aromatic heterocycles. The molecule has 0 aromatic carbocycles. The summed E-state index contributed by atoms with van der Waals surface area (Å²) in [6.07, 6.45) is 3.68. The quantitative estimate of drug-likeness (QED) is 0.783. The molecule has 1 fully saturated rings. The summed E-state index contributed by atoms with van der Waals surface area (Å²) >= 11 is 0. The molecule has 0 bridgehead atoms. The maximum Gasteiger partial charge on any atom is 0.337 e. The summed E-state index contributed by atoms with van der Waals surface area (Å²) in [6, 6.07) is 1.83. The van der Waals surface area contributed by atoms with Crippen molar-refractivity contribution in [2.75, 3.05) is 0 Å². The molecule has 0 spiro atoms. The number of carbonyl (C=O) groups is 1. The Hall–Kier alpha value is -1.25. The lowest BCUT2D eigenvalue weighted by Gasteiger charge is -2.26. The van der Waals surface area contributed by atoms with Gasteiger partial charge in [0, 0.05) is 18.4 Å². The molecule has 2 rings (SSSR count). The molecule has 1 aromatic rings. The first-order valence-corrected chi connectivity index (χ1v) is 5.00. The molecule has 1 aliphatic carbocycles. The average molecular weight is 193 g/mol. The number of nitrogens with zero attached hydrogens (tertiary/aromatic N) is 1. The maximum atomic E-state index is 10.9. The zero-order chi connectivity index (χ0) is 10.3. The third-order valence-corrected chi connectivity index (χ3v) is 3.33. The van der Waals surface area contributed by atoms with Gasteiger partial charge < -0.3 is 9.67 Å². The third-order valence-electron chi connectivity index (χ3n) is 3.33. The molecule has 1 aliphatic rings. The maximum absolute atomic E-state index is 10.9. The third kappa shape index (κ3) is 1.24. The van der Waals surface area contributed by atoms with Gasteiger partial charge in [0.15, 0.2) is 0 Å². The van der Waals surface area contributed by atoms with Gasteiger partial charge in [-0.3, -0.25) is 0 Å². The summed E-state index contributed by atoms with van der Waals surface area (Å²) in [5, 5.41) is 8.96. The lowest BCUT2D eigenvalue weighted by atomic mass is 9.83. The fraction of sp³-hybridized carbons (Fsp3) is 0.545. The minimum absolute atomic E-state index is 0.453. The van der Waals surface area contributed by atoms with E-state index in [4.69, 9.17) is 5.11 Å². The van der Waals surface area contributed by atoms with Crippen molar-refractivity contribution in [1.82, 2.24) is 4.57 Å². The second-order valence-corrected chi connectivity index (χ2v) is 4.06. The Morgan fingerprint density at radius 3 is 2.57 bits per heavy atom. The SMILES string of the molecule is Cc1c(C(=O)O)cc(C2CCC2)n1C. The van der Waals surface area contributed by atoms with Crippen LogP contribution >= 0.6 is 0 Å². The highest BCUT2D eigenvalue weighted by Crippen LogP contribution is 2.37. The second-order valence-electron chi connectivity index (χ2n) is 4.06. The Morgan fingerprint density at radius 2 is 2.21 bits per heavy atom. The van der Waals surface area contributed by atoms with Crippen molar-refractivity contribution in [2.24, 2.45) is 7.05 Å². The van der Waals surface area contributed by atoms with Crippen LogP contribution in [-0.4, -0.2) is 15.6 Å². The van der Waals surface area contributed by atoms with Gasteiger partial charge in [-0.2, -0.15) is 0 Å². The van der Waals surface area contributed by atoms with E-state index in [-0.39, 0.29) is 0 Å². The molecule has 1 saturated carbocycles. The van der Waals surface area contributed by atoms with Crippen LogP contribution in [0.25, 0.3) is 0 Å². The van der Waals surface area contributed by atoms with Crippen molar-refractivity contribution < 1.29 is 9.90 Å². The number of carboxylic acid groups (broad SMARTS) is 1. The van der Waals surface area contributed by atoms with E-state index in [2.05, 4.69) is 0 Å². The molecular formula is C11H15NO2. The summed E-state index contributed by atoms with van der Waals surface area (Å²) in [5.41, 5.74) is 2.50. The molecule has 0 radical (unpaired) electrons. The van der Waals surface area contributed by atoms with E-state index in [9.17, 15) is 4.79 Å². The van der Waals surface area contributed by atoms with Crippen LogP contribution in [0.1, 0.15) is 46.9 Å². The Bertz CT molecular complexity index is 375. The van der Waals surface area contributed by atoms with Crippen LogP contribution in [0.5, 0.6) is 0 Å². The lowest BCUT2D eigenvalue weighted by Crippen LogP contribution is -2.12. The molecule has 14 heavy (non-hydrogen) atoms. The highest BCUT2D eigenvalue weighted by Gasteiger charge is 2.25. The second kappa shape index (κ2) is 3.15. The van der Waals surface area contributed by atoms with Gasteiger partial charge in [0.05, 0.1) is 5.56 Å². The standard InChI is InChI=1S/C11H15NO2/c1-7-9(11(13)14)6-10(12(7)2)8-4-3-5-8/h6,8H,3-5H2,1-2H3,(H,13,14). The minimum Gasteiger partial charge on any atom is -0.478 e. The van der Waals surface area contributed by atoms with E-state index in [1.165, 1.54) is 25.0 Å². The molecule has 0 unspecified atom stereocenters. The first-order valence-electron chi connectivity index (χ1n) is 5.00. The van der Waals surface area contributed by atoms with Gasteiger partial charge in [-0.05, 0) is 31.7 Å². The van der Waals surface area contributed by atoms with Gasteiger partial charge in [0.25, 0.3) is 0 Å². The van der Waals surface area contributed by atoms with Gasteiger partial charge in [0.1, 0.15) is 0 Å². The predicted octanol–water partition coefficient (Wildman–Crippen LogP) is 2.30. The normalized spacial score (nSPS) is 16.7. The van der Waals surface area contributed by atoms with E-state index < -0.39 is 5.97 Å². The minimum atomic E-state index is -0.816. The number of aromatic nitrogens is 1. The molecule has 0 atom stereocenters. The summed E-state index contributed by atoms with van der Waals surface area (Å²) in [6.45, 7) is 1.87. The monoisotopic (exact) mass is 193 g/mol. The Kier molecular flexibility index (Phi) is 2.10. The van der Waals surface area contributed by atoms with Gasteiger partial charge in [0.2, 0.25) is 0 Å². The molecular weight excluding hydrogens is 178 g/mol. The van der Waals surface area contributed by atoms with Crippen LogP contribution in [0.15, 0.2) is 6.07 Å². The van der Waals surface area contributed by atoms with Crippen LogP contribution in [0.4, 0.5) is 0 Å². The number of aromatic carboxylic acids is 1. The molecule has 3 heteroatoms. The van der Waals surface area contributed by atoms with E-state index in [0.717, 1.165) is 5.69 Å². The predicted molar refractivity (Wildman–Crippen MR) is 53.7 cm³/mol.